The molecule has 6 N–H and O–H groups in total. The summed E-state index contributed by atoms with van der Waals surface area (Å²) >= 11 is 1.03. The molecule has 10 nitrogen and oxygen atoms in total. The number of thiophene rings is 1. The Balaban J connectivity index is 1.32. The van der Waals surface area contributed by atoms with Crippen molar-refractivity contribution < 1.29 is 19.0 Å². The number of aliphatic imine (C=N–C) groups is 1. The molecule has 0 amide bonds. The third-order valence-corrected chi connectivity index (χ3v) is 11.1. The van der Waals surface area contributed by atoms with Crippen LogP contribution in [0.5, 0.6) is 5.75 Å². The number of halogens is 1. The second-order valence-corrected chi connectivity index (χ2v) is 14.4. The standard InChI is InChI=1S/C37H42FN7O3S/c1-4-7-29(48-20-37-11-6-13-45(37)17-21(2)14-37)43-36(41-16-23-8-5-12-42-44-23)30-22(3)33(46)31(27-19-47-18-26(27)30)24-9-10-28(38)34-32(24)25(15-39)35(40)49-34/h5,7-10,12,21,42,44,46H,4,6,11,13-14,16-20,40H2,1-3H3,(H,41,43)/b29-7-. The van der Waals surface area contributed by atoms with Gasteiger partial charge in [0.1, 0.15) is 35.1 Å². The summed E-state index contributed by atoms with van der Waals surface area (Å²) in [6, 6.07) is 5.12. The predicted octanol–water partition coefficient (Wildman–Crippen LogP) is 6.19. The highest BCUT2D eigenvalue weighted by molar-refractivity contribution is 7.23. The van der Waals surface area contributed by atoms with Crippen molar-refractivity contribution >= 4 is 32.3 Å². The highest BCUT2D eigenvalue weighted by Crippen LogP contribution is 2.48. The van der Waals surface area contributed by atoms with Crippen molar-refractivity contribution in [3.8, 4) is 22.9 Å². The van der Waals surface area contributed by atoms with E-state index in [1.165, 1.54) is 12.5 Å². The van der Waals surface area contributed by atoms with Gasteiger partial charge in [0, 0.05) is 34.8 Å². The summed E-state index contributed by atoms with van der Waals surface area (Å²) in [7, 11) is 0. The molecule has 2 unspecified atom stereocenters. The molecule has 7 rings (SSSR count). The smallest absolute Gasteiger partial charge is 0.188 e. The van der Waals surface area contributed by atoms with Crippen molar-refractivity contribution in [2.24, 2.45) is 10.9 Å². The van der Waals surface area contributed by atoms with Crippen LogP contribution in [0.1, 0.15) is 67.3 Å². The quantitative estimate of drug-likeness (QED) is 0.102. The average molecular weight is 684 g/mol. The number of phenolic OH excluding ortho intramolecular Hbond substituents is 1. The van der Waals surface area contributed by atoms with E-state index in [1.54, 1.807) is 12.3 Å². The lowest BCUT2D eigenvalue weighted by Crippen LogP contribution is -2.43. The molecule has 0 bridgehead atoms. The minimum absolute atomic E-state index is 0.0114. The maximum Gasteiger partial charge on any atom is 0.188 e. The van der Waals surface area contributed by atoms with Crippen LogP contribution in [0.2, 0.25) is 0 Å². The second kappa shape index (κ2) is 13.4. The number of anilines is 1. The molecule has 49 heavy (non-hydrogen) atoms. The van der Waals surface area contributed by atoms with Crippen molar-refractivity contribution in [3.63, 3.8) is 0 Å². The number of amidine groups is 1. The number of nitrogens with zero attached hydrogens (tertiary/aromatic N) is 3. The second-order valence-electron chi connectivity index (χ2n) is 13.4. The Kier molecular flexibility index (Phi) is 9.00. The SMILES string of the molecule is CC/C=C(/NC(=NCC1=CC=CNN1)c1c(C)c(O)c(-c2ccc(F)c3sc(N)c(C#N)c23)c2c1COC2)OCC12CCCN1CC(C)C2. The maximum atomic E-state index is 15.0. The fourth-order valence-electron chi connectivity index (χ4n) is 7.98. The number of hydrazine groups is 1. The molecular formula is C37H42FN7O3S. The first-order valence-corrected chi connectivity index (χ1v) is 17.7. The van der Waals surface area contributed by atoms with Crippen LogP contribution >= 0.6 is 11.3 Å². The molecule has 0 spiro atoms. The van der Waals surface area contributed by atoms with Crippen LogP contribution in [-0.4, -0.2) is 47.6 Å². The van der Waals surface area contributed by atoms with E-state index in [0.717, 1.165) is 66.1 Å². The molecule has 1 aromatic heterocycles. The van der Waals surface area contributed by atoms with E-state index in [2.05, 4.69) is 41.0 Å². The van der Waals surface area contributed by atoms with E-state index in [4.69, 9.17) is 20.2 Å². The first-order chi connectivity index (χ1) is 23.7. The number of nitrogen functional groups attached to an aromatic ring is 1. The van der Waals surface area contributed by atoms with Crippen LogP contribution in [-0.2, 0) is 22.7 Å². The lowest BCUT2D eigenvalue weighted by molar-refractivity contribution is 0.0680. The van der Waals surface area contributed by atoms with Gasteiger partial charge in [0.15, 0.2) is 5.88 Å². The molecular weight excluding hydrogens is 642 g/mol. The number of benzene rings is 2. The highest BCUT2D eigenvalue weighted by Gasteiger charge is 2.47. The number of hydrogen-bond acceptors (Lipinski definition) is 10. The van der Waals surface area contributed by atoms with E-state index in [1.807, 2.05) is 25.2 Å². The largest absolute Gasteiger partial charge is 0.507 e. The monoisotopic (exact) mass is 683 g/mol. The zero-order valence-corrected chi connectivity index (χ0v) is 28.9. The predicted molar refractivity (Wildman–Crippen MR) is 191 cm³/mol. The molecule has 2 atom stereocenters. The summed E-state index contributed by atoms with van der Waals surface area (Å²) in [4.78, 5) is 7.66. The van der Waals surface area contributed by atoms with Gasteiger partial charge in [-0.2, -0.15) is 5.26 Å². The Morgan fingerprint density at radius 3 is 2.98 bits per heavy atom. The number of allylic oxidation sites excluding steroid dienone is 3. The summed E-state index contributed by atoms with van der Waals surface area (Å²) < 4.78 is 28.0. The van der Waals surface area contributed by atoms with E-state index in [9.17, 15) is 10.4 Å². The summed E-state index contributed by atoms with van der Waals surface area (Å²) in [5.41, 5.74) is 17.4. The van der Waals surface area contributed by atoms with E-state index in [-0.39, 0.29) is 39.8 Å². The van der Waals surface area contributed by atoms with Crippen LogP contribution in [0.25, 0.3) is 21.2 Å². The van der Waals surface area contributed by atoms with Crippen LogP contribution in [0.3, 0.4) is 0 Å². The van der Waals surface area contributed by atoms with Gasteiger partial charge in [0.25, 0.3) is 0 Å². The van der Waals surface area contributed by atoms with Crippen molar-refractivity contribution in [1.82, 2.24) is 21.1 Å². The third kappa shape index (κ3) is 5.90. The normalized spacial score (nSPS) is 22.0. The third-order valence-electron chi connectivity index (χ3n) is 10.1. The number of rotatable bonds is 9. The summed E-state index contributed by atoms with van der Waals surface area (Å²) in [5.74, 6) is 1.34. The van der Waals surface area contributed by atoms with Crippen LogP contribution in [0.15, 0.2) is 53.1 Å². The minimum atomic E-state index is -0.464. The number of fused-ring (bicyclic) bond motifs is 3. The Labute approximate surface area is 289 Å². The molecule has 0 aliphatic carbocycles. The van der Waals surface area contributed by atoms with Gasteiger partial charge in [0.2, 0.25) is 0 Å². The lowest BCUT2D eigenvalue weighted by atomic mass is 9.86. The highest BCUT2D eigenvalue weighted by atomic mass is 32.1. The fraction of sp³-hybridized carbons (Fsp3) is 0.405. The van der Waals surface area contributed by atoms with Gasteiger partial charge in [-0.05, 0) is 86.1 Å². The molecule has 4 aliphatic rings. The number of aromatic hydroxyl groups is 1. The number of nitriles is 1. The summed E-state index contributed by atoms with van der Waals surface area (Å²) in [6.07, 6.45) is 11.9. The van der Waals surface area contributed by atoms with Gasteiger partial charge in [-0.15, -0.1) is 11.3 Å². The molecule has 2 fully saturated rings. The first kappa shape index (κ1) is 33.0. The Morgan fingerprint density at radius 1 is 1.37 bits per heavy atom. The molecule has 2 saturated heterocycles. The minimum Gasteiger partial charge on any atom is -0.507 e. The topological polar surface area (TPSA) is 140 Å². The van der Waals surface area contributed by atoms with Gasteiger partial charge in [0.05, 0.1) is 41.3 Å². The van der Waals surface area contributed by atoms with Gasteiger partial charge in [-0.25, -0.2) is 4.39 Å². The number of hydrogen-bond donors (Lipinski definition) is 5. The Morgan fingerprint density at radius 2 is 2.20 bits per heavy atom. The zero-order chi connectivity index (χ0) is 34.3. The van der Waals surface area contributed by atoms with Crippen molar-refractivity contribution in [2.45, 2.75) is 65.2 Å². The van der Waals surface area contributed by atoms with E-state index >= 15 is 4.39 Å². The van der Waals surface area contributed by atoms with Crippen LogP contribution in [0.4, 0.5) is 9.39 Å². The van der Waals surface area contributed by atoms with Crippen LogP contribution < -0.4 is 21.9 Å². The van der Waals surface area contributed by atoms with Crippen molar-refractivity contribution in [1.29, 1.82) is 5.26 Å². The fourth-order valence-corrected chi connectivity index (χ4v) is 8.93. The summed E-state index contributed by atoms with van der Waals surface area (Å²) in [5, 5.41) is 26.2. The molecule has 2 aromatic carbocycles. The average Bonchev–Trinajstić information content (AvgIpc) is 3.86. The Bertz CT molecular complexity index is 1980. The van der Waals surface area contributed by atoms with Crippen molar-refractivity contribution in [3.05, 3.63) is 81.8 Å². The number of ether oxygens (including phenoxy) is 2. The molecule has 3 aromatic rings. The molecule has 256 valence electrons. The summed E-state index contributed by atoms with van der Waals surface area (Å²) in [6.45, 7) is 9.87. The zero-order valence-electron chi connectivity index (χ0n) is 28.1. The molecule has 4 aliphatic heterocycles. The molecule has 0 saturated carbocycles. The number of nitrogens with one attached hydrogen (secondary N) is 3. The number of phenols is 1. The maximum absolute atomic E-state index is 15.0. The van der Waals surface area contributed by atoms with Gasteiger partial charge >= 0.3 is 0 Å². The first-order valence-electron chi connectivity index (χ1n) is 16.9. The van der Waals surface area contributed by atoms with Gasteiger partial charge < -0.3 is 36.5 Å². The Hall–Kier alpha value is -4.57. The van der Waals surface area contributed by atoms with Gasteiger partial charge in [-0.3, -0.25) is 9.89 Å². The van der Waals surface area contributed by atoms with Crippen LogP contribution in [0, 0.1) is 30.0 Å². The van der Waals surface area contributed by atoms with Crippen molar-refractivity contribution in [2.75, 3.05) is 32.0 Å². The van der Waals surface area contributed by atoms with E-state index in [0.29, 0.717) is 52.9 Å². The van der Waals surface area contributed by atoms with E-state index < -0.39 is 5.82 Å². The van der Waals surface area contributed by atoms with Gasteiger partial charge in [-0.1, -0.05) is 19.9 Å². The molecule has 12 heteroatoms. The lowest BCUT2D eigenvalue weighted by Gasteiger charge is -2.32. The molecule has 0 radical (unpaired) electrons. The number of nitrogens with two attached hydrogens (primary N) is 1. The molecule has 5 heterocycles.